The molecule has 3 rings (SSSR count). The molecule has 1 aromatic rings. The van der Waals surface area contributed by atoms with E-state index in [4.69, 9.17) is 0 Å². The van der Waals surface area contributed by atoms with Crippen LogP contribution in [0.5, 0.6) is 0 Å². The van der Waals surface area contributed by atoms with Crippen LogP contribution in [-0.2, 0) is 4.79 Å². The minimum atomic E-state index is 0.133. The molecule has 4 heteroatoms. The highest BCUT2D eigenvalue weighted by molar-refractivity contribution is 7.99. The summed E-state index contributed by atoms with van der Waals surface area (Å²) >= 11 is 1.82. The van der Waals surface area contributed by atoms with Crippen LogP contribution in [0.25, 0.3) is 0 Å². The van der Waals surface area contributed by atoms with Crippen molar-refractivity contribution in [2.24, 2.45) is 5.92 Å². The van der Waals surface area contributed by atoms with Crippen LogP contribution in [0.4, 0.5) is 5.69 Å². The van der Waals surface area contributed by atoms with E-state index < -0.39 is 0 Å². The van der Waals surface area contributed by atoms with Gasteiger partial charge in [0.05, 0.1) is 5.75 Å². The standard InChI is InChI=1S/C20H30N2OS/c1-15-7-5-8-16(2)20(15)21-19(23)14-24-13-17-9-6-12-22-11-4-3-10-18(17)22/h5,7-8,17-18H,3-4,6,9-14H2,1-2H3,(H,21,23)/t17-,18+/m0/s1. The van der Waals surface area contributed by atoms with Crippen LogP contribution in [0.3, 0.4) is 0 Å². The summed E-state index contributed by atoms with van der Waals surface area (Å²) in [4.78, 5) is 15.0. The number of amides is 1. The van der Waals surface area contributed by atoms with E-state index in [0.29, 0.717) is 5.75 Å². The molecule has 0 aliphatic carbocycles. The number of hydrogen-bond acceptors (Lipinski definition) is 3. The Kier molecular flexibility index (Phi) is 6.23. The van der Waals surface area contributed by atoms with Gasteiger partial charge in [0.15, 0.2) is 0 Å². The molecular formula is C20H30N2OS. The topological polar surface area (TPSA) is 32.3 Å². The summed E-state index contributed by atoms with van der Waals surface area (Å²) in [7, 11) is 0. The van der Waals surface area contributed by atoms with Gasteiger partial charge in [0, 0.05) is 11.7 Å². The van der Waals surface area contributed by atoms with E-state index >= 15 is 0 Å². The fourth-order valence-corrected chi connectivity index (χ4v) is 5.33. The van der Waals surface area contributed by atoms with Gasteiger partial charge in [0.1, 0.15) is 0 Å². The number of nitrogens with one attached hydrogen (secondary N) is 1. The van der Waals surface area contributed by atoms with E-state index in [9.17, 15) is 4.79 Å². The molecule has 2 aliphatic heterocycles. The predicted octanol–water partition coefficient (Wildman–Crippen LogP) is 4.24. The van der Waals surface area contributed by atoms with Gasteiger partial charge in [-0.1, -0.05) is 24.6 Å². The van der Waals surface area contributed by atoms with E-state index in [-0.39, 0.29) is 5.91 Å². The zero-order valence-corrected chi connectivity index (χ0v) is 15.8. The number of para-hydroxylation sites is 1. The number of benzene rings is 1. The molecule has 0 spiro atoms. The summed E-state index contributed by atoms with van der Waals surface area (Å²) in [5, 5.41) is 3.10. The SMILES string of the molecule is Cc1cccc(C)c1NC(=O)CSC[C@@H]1CCCN2CCCC[C@H]12. The second kappa shape index (κ2) is 8.39. The quantitative estimate of drug-likeness (QED) is 0.865. The number of anilines is 1. The Morgan fingerprint density at radius 3 is 2.71 bits per heavy atom. The number of hydrogen-bond donors (Lipinski definition) is 1. The Morgan fingerprint density at radius 2 is 1.92 bits per heavy atom. The van der Waals surface area contributed by atoms with Crippen molar-refractivity contribution in [2.75, 3.05) is 29.9 Å². The highest BCUT2D eigenvalue weighted by Crippen LogP contribution is 2.32. The first-order valence-electron chi connectivity index (χ1n) is 9.33. The van der Waals surface area contributed by atoms with E-state index in [2.05, 4.69) is 36.2 Å². The summed E-state index contributed by atoms with van der Waals surface area (Å²) in [6, 6.07) is 6.92. The van der Waals surface area contributed by atoms with E-state index in [1.165, 1.54) is 45.2 Å². The second-order valence-electron chi connectivity index (χ2n) is 7.33. The van der Waals surface area contributed by atoms with Crippen LogP contribution < -0.4 is 5.32 Å². The third kappa shape index (κ3) is 4.34. The summed E-state index contributed by atoms with van der Waals surface area (Å²) < 4.78 is 0. The van der Waals surface area contributed by atoms with Gasteiger partial charge < -0.3 is 10.2 Å². The first kappa shape index (κ1) is 17.8. The van der Waals surface area contributed by atoms with Crippen molar-refractivity contribution in [1.82, 2.24) is 4.90 Å². The lowest BCUT2D eigenvalue weighted by molar-refractivity contribution is -0.113. The zero-order valence-electron chi connectivity index (χ0n) is 15.0. The number of nitrogens with zero attached hydrogens (tertiary/aromatic N) is 1. The Balaban J connectivity index is 1.46. The number of carbonyl (C=O) groups is 1. The molecule has 132 valence electrons. The van der Waals surface area contributed by atoms with Crippen LogP contribution >= 0.6 is 11.8 Å². The van der Waals surface area contributed by atoms with Gasteiger partial charge in [-0.3, -0.25) is 4.79 Å². The predicted molar refractivity (Wildman–Crippen MR) is 104 cm³/mol. The first-order valence-corrected chi connectivity index (χ1v) is 10.5. The number of piperidine rings is 2. The third-order valence-electron chi connectivity index (χ3n) is 5.54. The fraction of sp³-hybridized carbons (Fsp3) is 0.650. The minimum Gasteiger partial charge on any atom is -0.325 e. The Hall–Kier alpha value is -1.000. The number of thioether (sulfide) groups is 1. The minimum absolute atomic E-state index is 0.133. The average Bonchev–Trinajstić information content (AvgIpc) is 2.58. The molecule has 0 radical (unpaired) electrons. The summed E-state index contributed by atoms with van der Waals surface area (Å²) in [5.74, 6) is 2.60. The molecule has 2 fully saturated rings. The molecule has 1 N–H and O–H groups in total. The first-order chi connectivity index (χ1) is 11.6. The van der Waals surface area contributed by atoms with Gasteiger partial charge >= 0.3 is 0 Å². The van der Waals surface area contributed by atoms with Crippen LogP contribution in [0.15, 0.2) is 18.2 Å². The van der Waals surface area contributed by atoms with Gasteiger partial charge in [-0.25, -0.2) is 0 Å². The molecule has 1 aromatic carbocycles. The van der Waals surface area contributed by atoms with Crippen molar-refractivity contribution in [3.63, 3.8) is 0 Å². The normalized spacial score (nSPS) is 24.4. The lowest BCUT2D eigenvalue weighted by Crippen LogP contribution is -2.48. The highest BCUT2D eigenvalue weighted by Gasteiger charge is 2.32. The van der Waals surface area contributed by atoms with E-state index in [1.54, 1.807) is 0 Å². The lowest BCUT2D eigenvalue weighted by atomic mass is 9.85. The van der Waals surface area contributed by atoms with Gasteiger partial charge in [0.25, 0.3) is 0 Å². The molecule has 1 amide bonds. The molecular weight excluding hydrogens is 316 g/mol. The fourth-order valence-electron chi connectivity index (χ4n) is 4.26. The number of fused-ring (bicyclic) bond motifs is 1. The average molecular weight is 347 g/mol. The van der Waals surface area contributed by atoms with Crippen LogP contribution in [0.1, 0.15) is 43.2 Å². The Morgan fingerprint density at radius 1 is 1.17 bits per heavy atom. The third-order valence-corrected chi connectivity index (χ3v) is 6.67. The summed E-state index contributed by atoms with van der Waals surface area (Å²) in [6.07, 6.45) is 6.78. The van der Waals surface area contributed by atoms with Gasteiger partial charge in [-0.05, 0) is 75.4 Å². The molecule has 2 atom stereocenters. The maximum atomic E-state index is 12.3. The summed E-state index contributed by atoms with van der Waals surface area (Å²) in [6.45, 7) is 6.68. The largest absolute Gasteiger partial charge is 0.325 e. The van der Waals surface area contributed by atoms with Crippen molar-refractivity contribution in [2.45, 2.75) is 52.0 Å². The summed E-state index contributed by atoms with van der Waals surface area (Å²) in [5.41, 5.74) is 3.26. The van der Waals surface area contributed by atoms with Crippen LogP contribution in [0, 0.1) is 19.8 Å². The van der Waals surface area contributed by atoms with E-state index in [1.807, 2.05) is 17.8 Å². The lowest BCUT2D eigenvalue weighted by Gasteiger charge is -2.44. The Labute approximate surface area is 150 Å². The molecule has 24 heavy (non-hydrogen) atoms. The molecule has 0 aromatic heterocycles. The molecule has 2 aliphatic rings. The molecule has 2 heterocycles. The van der Waals surface area contributed by atoms with E-state index in [0.717, 1.165) is 34.5 Å². The molecule has 3 nitrogen and oxygen atoms in total. The van der Waals surface area contributed by atoms with Crippen LogP contribution in [0.2, 0.25) is 0 Å². The van der Waals surface area contributed by atoms with Gasteiger partial charge in [-0.15, -0.1) is 0 Å². The molecule has 0 bridgehead atoms. The highest BCUT2D eigenvalue weighted by atomic mass is 32.2. The second-order valence-corrected chi connectivity index (χ2v) is 8.36. The Bertz CT molecular complexity index is 553. The number of rotatable bonds is 5. The number of carbonyl (C=O) groups excluding carboxylic acids is 1. The van der Waals surface area contributed by atoms with Gasteiger partial charge in [0.2, 0.25) is 5.91 Å². The van der Waals surface area contributed by atoms with Crippen molar-refractivity contribution in [3.8, 4) is 0 Å². The number of aryl methyl sites for hydroxylation is 2. The maximum absolute atomic E-state index is 12.3. The molecule has 2 saturated heterocycles. The van der Waals surface area contributed by atoms with Crippen molar-refractivity contribution in [3.05, 3.63) is 29.3 Å². The monoisotopic (exact) mass is 346 g/mol. The maximum Gasteiger partial charge on any atom is 0.234 e. The van der Waals surface area contributed by atoms with Crippen LogP contribution in [-0.4, -0.2) is 41.4 Å². The van der Waals surface area contributed by atoms with Crippen molar-refractivity contribution >= 4 is 23.4 Å². The van der Waals surface area contributed by atoms with Crippen molar-refractivity contribution < 1.29 is 4.79 Å². The van der Waals surface area contributed by atoms with Crippen molar-refractivity contribution in [1.29, 1.82) is 0 Å². The molecule has 0 saturated carbocycles. The smallest absolute Gasteiger partial charge is 0.234 e. The molecule has 0 unspecified atom stereocenters. The zero-order chi connectivity index (χ0) is 16.9. The van der Waals surface area contributed by atoms with Gasteiger partial charge in [-0.2, -0.15) is 11.8 Å².